The van der Waals surface area contributed by atoms with Crippen molar-refractivity contribution in [2.75, 3.05) is 64.3 Å². The monoisotopic (exact) mass is 494 g/mol. The summed E-state index contributed by atoms with van der Waals surface area (Å²) >= 11 is 6.44. The van der Waals surface area contributed by atoms with Crippen molar-refractivity contribution in [2.45, 2.75) is 39.3 Å². The number of nitrogens with one attached hydrogen (secondary N) is 2. The molecule has 0 amide bonds. The Morgan fingerprint density at radius 3 is 2.24 bits per heavy atom. The molecule has 0 spiro atoms. The number of rotatable bonds is 13. The molecule has 1 fully saturated rings. The number of ether oxygens (including phenoxy) is 4. The first-order valence-electron chi connectivity index (χ1n) is 11.7. The molecule has 11 heteroatoms. The standard InChI is InChI=1S/C23H35ClN6O4/c1-5-33-18-13-16(14-19(20(18)24)34-6-2)15-30-10-7-17(8-11-30)26-22-27-21(25-9-12-31-3)28-23(29-22)32-4/h13-14,17H,5-12,15H2,1-4H3,(H2,25,26,27,28,29). The SMILES string of the molecule is CCOc1cc(CN2CCC(Nc3nc(NCCOC)nc(OC)n3)CC2)cc(OCC)c1Cl. The van der Waals surface area contributed by atoms with Crippen LogP contribution in [0.5, 0.6) is 17.5 Å². The third-order valence-corrected chi connectivity index (χ3v) is 5.75. The van der Waals surface area contributed by atoms with Gasteiger partial charge in [0.15, 0.2) is 0 Å². The molecule has 0 atom stereocenters. The average molecular weight is 495 g/mol. The van der Waals surface area contributed by atoms with E-state index in [9.17, 15) is 0 Å². The summed E-state index contributed by atoms with van der Waals surface area (Å²) in [5.74, 6) is 2.30. The molecule has 0 saturated carbocycles. The highest BCUT2D eigenvalue weighted by Crippen LogP contribution is 2.36. The van der Waals surface area contributed by atoms with Crippen LogP contribution in [0.4, 0.5) is 11.9 Å². The first kappa shape index (κ1) is 26.1. The number of benzene rings is 1. The van der Waals surface area contributed by atoms with Gasteiger partial charge in [-0.3, -0.25) is 4.90 Å². The molecule has 2 N–H and O–H groups in total. The Morgan fingerprint density at radius 2 is 1.65 bits per heavy atom. The highest BCUT2D eigenvalue weighted by Gasteiger charge is 2.22. The summed E-state index contributed by atoms with van der Waals surface area (Å²) in [4.78, 5) is 15.5. The number of methoxy groups -OCH3 is 2. The second-order valence-corrected chi connectivity index (χ2v) is 8.23. The minimum absolute atomic E-state index is 0.262. The lowest BCUT2D eigenvalue weighted by molar-refractivity contribution is 0.210. The summed E-state index contributed by atoms with van der Waals surface area (Å²) in [6.45, 7) is 8.84. The Kier molecular flexibility index (Phi) is 10.2. The molecule has 3 rings (SSSR count). The molecular weight excluding hydrogens is 460 g/mol. The van der Waals surface area contributed by atoms with Gasteiger partial charge in [0.25, 0.3) is 0 Å². The van der Waals surface area contributed by atoms with Gasteiger partial charge in [0.2, 0.25) is 11.9 Å². The molecule has 0 radical (unpaired) electrons. The summed E-state index contributed by atoms with van der Waals surface area (Å²) < 4.78 is 21.7. The van der Waals surface area contributed by atoms with E-state index in [2.05, 4.69) is 30.5 Å². The molecule has 0 unspecified atom stereocenters. The lowest BCUT2D eigenvalue weighted by Crippen LogP contribution is -2.39. The first-order chi connectivity index (χ1) is 16.6. The van der Waals surface area contributed by atoms with E-state index in [1.807, 2.05) is 26.0 Å². The zero-order valence-corrected chi connectivity index (χ0v) is 21.2. The maximum absolute atomic E-state index is 6.44. The lowest BCUT2D eigenvalue weighted by Gasteiger charge is -2.32. The van der Waals surface area contributed by atoms with Crippen LogP contribution in [0.25, 0.3) is 0 Å². The minimum Gasteiger partial charge on any atom is -0.492 e. The Balaban J connectivity index is 1.58. The number of nitrogens with zero attached hydrogens (tertiary/aromatic N) is 4. The molecule has 1 aromatic heterocycles. The predicted molar refractivity (Wildman–Crippen MR) is 132 cm³/mol. The van der Waals surface area contributed by atoms with E-state index >= 15 is 0 Å². The van der Waals surface area contributed by atoms with Crippen molar-refractivity contribution in [2.24, 2.45) is 0 Å². The number of halogens is 1. The van der Waals surface area contributed by atoms with Gasteiger partial charge in [0.1, 0.15) is 16.5 Å². The van der Waals surface area contributed by atoms with E-state index < -0.39 is 0 Å². The van der Waals surface area contributed by atoms with Crippen molar-refractivity contribution in [1.82, 2.24) is 19.9 Å². The van der Waals surface area contributed by atoms with Crippen molar-refractivity contribution in [3.8, 4) is 17.5 Å². The van der Waals surface area contributed by atoms with E-state index in [1.165, 1.54) is 0 Å². The van der Waals surface area contributed by atoms with Gasteiger partial charge < -0.3 is 29.6 Å². The molecule has 10 nitrogen and oxygen atoms in total. The molecule has 188 valence electrons. The van der Waals surface area contributed by atoms with Crippen molar-refractivity contribution in [3.05, 3.63) is 22.7 Å². The summed E-state index contributed by atoms with van der Waals surface area (Å²) in [7, 11) is 3.19. The van der Waals surface area contributed by atoms with Crippen LogP contribution in [0.3, 0.4) is 0 Å². The molecule has 34 heavy (non-hydrogen) atoms. The highest BCUT2D eigenvalue weighted by molar-refractivity contribution is 6.33. The number of hydrogen-bond acceptors (Lipinski definition) is 10. The van der Waals surface area contributed by atoms with E-state index in [1.54, 1.807) is 14.2 Å². The maximum Gasteiger partial charge on any atom is 0.322 e. The van der Waals surface area contributed by atoms with Crippen molar-refractivity contribution in [3.63, 3.8) is 0 Å². The Hall–Kier alpha value is -2.56. The van der Waals surface area contributed by atoms with Gasteiger partial charge in [-0.15, -0.1) is 0 Å². The Bertz CT molecular complexity index is 884. The molecule has 0 aliphatic carbocycles. The van der Waals surface area contributed by atoms with E-state index in [4.69, 9.17) is 30.5 Å². The van der Waals surface area contributed by atoms with Crippen LogP contribution in [0.15, 0.2) is 12.1 Å². The number of anilines is 2. The second kappa shape index (κ2) is 13.4. The fourth-order valence-electron chi connectivity index (χ4n) is 3.77. The summed E-state index contributed by atoms with van der Waals surface area (Å²) in [5.41, 5.74) is 1.12. The molecular formula is C23H35ClN6O4. The summed E-state index contributed by atoms with van der Waals surface area (Å²) in [6, 6.07) is 4.55. The van der Waals surface area contributed by atoms with Gasteiger partial charge >= 0.3 is 6.01 Å². The van der Waals surface area contributed by atoms with E-state index in [-0.39, 0.29) is 12.1 Å². The van der Waals surface area contributed by atoms with Crippen LogP contribution in [-0.2, 0) is 11.3 Å². The van der Waals surface area contributed by atoms with E-state index in [0.29, 0.717) is 54.8 Å². The van der Waals surface area contributed by atoms with Crippen LogP contribution in [0.2, 0.25) is 5.02 Å². The lowest BCUT2D eigenvalue weighted by atomic mass is 10.0. The fraction of sp³-hybridized carbons (Fsp3) is 0.609. The molecule has 1 aromatic carbocycles. The van der Waals surface area contributed by atoms with Crippen LogP contribution >= 0.6 is 11.6 Å². The van der Waals surface area contributed by atoms with Crippen molar-refractivity contribution < 1.29 is 18.9 Å². The van der Waals surface area contributed by atoms with Gasteiger partial charge in [-0.2, -0.15) is 15.0 Å². The van der Waals surface area contributed by atoms with Crippen molar-refractivity contribution >= 4 is 23.5 Å². The smallest absolute Gasteiger partial charge is 0.322 e. The molecule has 2 aromatic rings. The number of aromatic nitrogens is 3. The van der Waals surface area contributed by atoms with Gasteiger partial charge in [-0.05, 0) is 44.4 Å². The summed E-state index contributed by atoms with van der Waals surface area (Å²) in [5, 5.41) is 7.08. The van der Waals surface area contributed by atoms with Crippen LogP contribution in [0.1, 0.15) is 32.3 Å². The fourth-order valence-corrected chi connectivity index (χ4v) is 3.99. The van der Waals surface area contributed by atoms with Crippen LogP contribution in [-0.4, -0.2) is 79.6 Å². The number of hydrogen-bond donors (Lipinski definition) is 2. The van der Waals surface area contributed by atoms with Gasteiger partial charge in [0.05, 0.1) is 26.9 Å². The Labute approximate surface area is 206 Å². The zero-order valence-electron chi connectivity index (χ0n) is 20.4. The normalized spacial score (nSPS) is 14.6. The minimum atomic E-state index is 0.262. The van der Waals surface area contributed by atoms with Crippen LogP contribution in [0, 0.1) is 0 Å². The largest absolute Gasteiger partial charge is 0.492 e. The molecule has 1 saturated heterocycles. The predicted octanol–water partition coefficient (Wildman–Crippen LogP) is 3.47. The third kappa shape index (κ3) is 7.48. The maximum atomic E-state index is 6.44. The first-order valence-corrected chi connectivity index (χ1v) is 12.0. The topological polar surface area (TPSA) is 103 Å². The van der Waals surface area contributed by atoms with Crippen LogP contribution < -0.4 is 24.8 Å². The quantitative estimate of drug-likeness (QED) is 0.402. The van der Waals surface area contributed by atoms with Crippen molar-refractivity contribution in [1.29, 1.82) is 0 Å². The van der Waals surface area contributed by atoms with Gasteiger partial charge in [-0.1, -0.05) is 11.6 Å². The average Bonchev–Trinajstić information content (AvgIpc) is 2.83. The highest BCUT2D eigenvalue weighted by atomic mass is 35.5. The molecule has 1 aliphatic rings. The zero-order chi connectivity index (χ0) is 24.3. The molecule has 0 bridgehead atoms. The summed E-state index contributed by atoms with van der Waals surface area (Å²) in [6.07, 6.45) is 1.93. The molecule has 1 aliphatic heterocycles. The molecule has 2 heterocycles. The van der Waals surface area contributed by atoms with Gasteiger partial charge in [0, 0.05) is 39.3 Å². The Morgan fingerprint density at radius 1 is 1.00 bits per heavy atom. The van der Waals surface area contributed by atoms with Gasteiger partial charge in [-0.25, -0.2) is 0 Å². The number of likely N-dealkylation sites (tertiary alicyclic amines) is 1. The second-order valence-electron chi connectivity index (χ2n) is 7.86. The van der Waals surface area contributed by atoms with E-state index in [0.717, 1.165) is 38.0 Å². The number of piperidine rings is 1. The third-order valence-electron chi connectivity index (χ3n) is 5.38.